The molecule has 0 unspecified atom stereocenters. The standard InChI is InChI=1S/C18H34N4O5/c1-18(2,3)27-17(23)21-16-6-4-15(5-7-16)14-26-13-12-25-11-10-24-9-8-20-22-19/h15-16H,4-14H2,1-3H3,(H,21,23). The summed E-state index contributed by atoms with van der Waals surface area (Å²) in [6.07, 6.45) is 3.66. The minimum absolute atomic E-state index is 0.193. The van der Waals surface area contributed by atoms with Gasteiger partial charge in [-0.05, 0) is 57.9 Å². The number of nitrogens with one attached hydrogen (secondary N) is 1. The summed E-state index contributed by atoms with van der Waals surface area (Å²) in [7, 11) is 0. The summed E-state index contributed by atoms with van der Waals surface area (Å²) in [5.41, 5.74) is 7.65. The Kier molecular flexibility index (Phi) is 11.8. The number of hydrogen-bond acceptors (Lipinski definition) is 6. The van der Waals surface area contributed by atoms with Crippen LogP contribution in [0.3, 0.4) is 0 Å². The Morgan fingerprint density at radius 2 is 1.63 bits per heavy atom. The molecule has 1 aliphatic carbocycles. The molecule has 0 heterocycles. The lowest BCUT2D eigenvalue weighted by Crippen LogP contribution is -2.41. The number of carbonyl (C=O) groups excluding carboxylic acids is 1. The zero-order chi connectivity index (χ0) is 20.0. The Hall–Kier alpha value is -1.54. The van der Waals surface area contributed by atoms with Gasteiger partial charge in [-0.3, -0.25) is 0 Å². The van der Waals surface area contributed by atoms with Crippen molar-refractivity contribution in [2.24, 2.45) is 11.0 Å². The monoisotopic (exact) mass is 386 g/mol. The summed E-state index contributed by atoms with van der Waals surface area (Å²) in [6.45, 7) is 9.16. The van der Waals surface area contributed by atoms with Gasteiger partial charge in [-0.2, -0.15) is 0 Å². The van der Waals surface area contributed by atoms with Gasteiger partial charge in [0.1, 0.15) is 5.60 Å². The summed E-state index contributed by atoms with van der Waals surface area (Å²) in [5.74, 6) is 0.533. The molecule has 0 aliphatic heterocycles. The molecule has 0 radical (unpaired) electrons. The predicted octanol–water partition coefficient (Wildman–Crippen LogP) is 3.43. The van der Waals surface area contributed by atoms with Gasteiger partial charge in [0.25, 0.3) is 0 Å². The third-order valence-electron chi connectivity index (χ3n) is 4.06. The third-order valence-corrected chi connectivity index (χ3v) is 4.06. The Labute approximate surface area is 161 Å². The van der Waals surface area contributed by atoms with E-state index in [1.54, 1.807) is 0 Å². The van der Waals surface area contributed by atoms with Gasteiger partial charge in [-0.1, -0.05) is 5.11 Å². The number of nitrogens with zero attached hydrogens (tertiary/aromatic N) is 3. The van der Waals surface area contributed by atoms with Gasteiger partial charge in [0.2, 0.25) is 0 Å². The third kappa shape index (κ3) is 13.3. The molecule has 1 fully saturated rings. The fourth-order valence-electron chi connectivity index (χ4n) is 2.79. The van der Waals surface area contributed by atoms with Crippen LogP contribution >= 0.6 is 0 Å². The smallest absolute Gasteiger partial charge is 0.407 e. The van der Waals surface area contributed by atoms with E-state index in [-0.39, 0.29) is 12.1 Å². The van der Waals surface area contributed by atoms with Crippen LogP contribution in [-0.2, 0) is 18.9 Å². The molecule has 1 aliphatic rings. The first-order valence-corrected chi connectivity index (χ1v) is 9.64. The molecule has 0 aromatic rings. The molecule has 1 rings (SSSR count). The lowest BCUT2D eigenvalue weighted by molar-refractivity contribution is 0.00437. The van der Waals surface area contributed by atoms with Crippen molar-refractivity contribution in [2.45, 2.75) is 58.1 Å². The highest BCUT2D eigenvalue weighted by atomic mass is 16.6. The van der Waals surface area contributed by atoms with Gasteiger partial charge >= 0.3 is 6.09 Å². The molecule has 1 N–H and O–H groups in total. The first kappa shape index (κ1) is 23.5. The molecule has 1 saturated carbocycles. The predicted molar refractivity (Wildman–Crippen MR) is 102 cm³/mol. The molecule has 27 heavy (non-hydrogen) atoms. The van der Waals surface area contributed by atoms with Crippen LogP contribution in [0.1, 0.15) is 46.5 Å². The lowest BCUT2D eigenvalue weighted by atomic mass is 9.86. The molecule has 0 aromatic carbocycles. The number of rotatable bonds is 12. The van der Waals surface area contributed by atoms with Gasteiger partial charge in [-0.25, -0.2) is 4.79 Å². The normalized spacial score (nSPS) is 20.0. The van der Waals surface area contributed by atoms with Gasteiger partial charge in [0, 0.05) is 24.1 Å². The Morgan fingerprint density at radius 3 is 2.22 bits per heavy atom. The van der Waals surface area contributed by atoms with Crippen molar-refractivity contribution >= 4 is 6.09 Å². The number of alkyl carbamates (subject to hydrolysis) is 1. The van der Waals surface area contributed by atoms with Crippen LogP contribution in [0.5, 0.6) is 0 Å². The van der Waals surface area contributed by atoms with Crippen LogP contribution in [-0.4, -0.2) is 63.9 Å². The summed E-state index contributed by atoms with van der Waals surface area (Å²) in [5, 5.41) is 6.33. The maximum atomic E-state index is 11.8. The second-order valence-corrected chi connectivity index (χ2v) is 7.62. The maximum Gasteiger partial charge on any atom is 0.407 e. The maximum absolute atomic E-state index is 11.8. The highest BCUT2D eigenvalue weighted by molar-refractivity contribution is 5.68. The van der Waals surface area contributed by atoms with E-state index in [1.807, 2.05) is 20.8 Å². The fraction of sp³-hybridized carbons (Fsp3) is 0.944. The SMILES string of the molecule is CC(C)(C)OC(=O)NC1CCC(COCCOCCOCCN=[N+]=[N-])CC1. The first-order valence-electron chi connectivity index (χ1n) is 9.64. The van der Waals surface area contributed by atoms with Crippen LogP contribution in [0.4, 0.5) is 4.79 Å². The summed E-state index contributed by atoms with van der Waals surface area (Å²) in [6, 6.07) is 0.193. The number of ether oxygens (including phenoxy) is 4. The van der Waals surface area contributed by atoms with Crippen molar-refractivity contribution in [3.05, 3.63) is 10.4 Å². The Morgan fingerprint density at radius 1 is 1.04 bits per heavy atom. The van der Waals surface area contributed by atoms with Crippen LogP contribution < -0.4 is 5.32 Å². The van der Waals surface area contributed by atoms with E-state index in [0.717, 1.165) is 32.3 Å². The van der Waals surface area contributed by atoms with E-state index in [4.69, 9.17) is 24.5 Å². The fourth-order valence-corrected chi connectivity index (χ4v) is 2.79. The number of carbonyl (C=O) groups is 1. The van der Waals surface area contributed by atoms with Crippen LogP contribution in [0, 0.1) is 5.92 Å². The van der Waals surface area contributed by atoms with Crippen molar-refractivity contribution in [1.82, 2.24) is 5.32 Å². The van der Waals surface area contributed by atoms with E-state index in [9.17, 15) is 4.79 Å². The quantitative estimate of drug-likeness (QED) is 0.239. The zero-order valence-corrected chi connectivity index (χ0v) is 16.8. The molecular weight excluding hydrogens is 352 g/mol. The minimum atomic E-state index is -0.463. The largest absolute Gasteiger partial charge is 0.444 e. The highest BCUT2D eigenvalue weighted by Crippen LogP contribution is 2.24. The van der Waals surface area contributed by atoms with E-state index >= 15 is 0 Å². The second kappa shape index (κ2) is 13.6. The first-order chi connectivity index (χ1) is 12.9. The van der Waals surface area contributed by atoms with E-state index in [2.05, 4.69) is 15.3 Å². The molecule has 0 spiro atoms. The summed E-state index contributed by atoms with van der Waals surface area (Å²) in [4.78, 5) is 14.4. The molecule has 9 nitrogen and oxygen atoms in total. The minimum Gasteiger partial charge on any atom is -0.444 e. The molecule has 0 saturated heterocycles. The molecule has 0 aromatic heterocycles. The van der Waals surface area contributed by atoms with Crippen LogP contribution in [0.25, 0.3) is 10.4 Å². The number of hydrogen-bond donors (Lipinski definition) is 1. The van der Waals surface area contributed by atoms with Gasteiger partial charge in [0.15, 0.2) is 0 Å². The average Bonchev–Trinajstić information content (AvgIpc) is 2.59. The molecule has 9 heteroatoms. The molecule has 0 atom stereocenters. The highest BCUT2D eigenvalue weighted by Gasteiger charge is 2.24. The molecular formula is C18H34N4O5. The Balaban J connectivity index is 1.94. The number of azide groups is 1. The summed E-state index contributed by atoms with van der Waals surface area (Å²) < 4.78 is 21.6. The van der Waals surface area contributed by atoms with Crippen LogP contribution in [0.2, 0.25) is 0 Å². The van der Waals surface area contributed by atoms with E-state index < -0.39 is 5.60 Å². The van der Waals surface area contributed by atoms with E-state index in [1.165, 1.54) is 0 Å². The molecule has 156 valence electrons. The van der Waals surface area contributed by atoms with Crippen LogP contribution in [0.15, 0.2) is 5.11 Å². The summed E-state index contributed by atoms with van der Waals surface area (Å²) >= 11 is 0. The van der Waals surface area contributed by atoms with Gasteiger partial charge in [-0.15, -0.1) is 0 Å². The van der Waals surface area contributed by atoms with Gasteiger partial charge in [0.05, 0.1) is 33.0 Å². The molecule has 1 amide bonds. The van der Waals surface area contributed by atoms with Crippen molar-refractivity contribution in [3.8, 4) is 0 Å². The van der Waals surface area contributed by atoms with Crippen molar-refractivity contribution in [2.75, 3.05) is 46.2 Å². The topological polar surface area (TPSA) is 115 Å². The second-order valence-electron chi connectivity index (χ2n) is 7.62. The number of amides is 1. The van der Waals surface area contributed by atoms with Crippen molar-refractivity contribution in [3.63, 3.8) is 0 Å². The zero-order valence-electron chi connectivity index (χ0n) is 16.8. The Bertz CT molecular complexity index is 455. The average molecular weight is 386 g/mol. The lowest BCUT2D eigenvalue weighted by Gasteiger charge is -2.30. The van der Waals surface area contributed by atoms with Crippen molar-refractivity contribution in [1.29, 1.82) is 0 Å². The van der Waals surface area contributed by atoms with E-state index in [0.29, 0.717) is 45.5 Å². The van der Waals surface area contributed by atoms with Gasteiger partial charge < -0.3 is 24.3 Å². The van der Waals surface area contributed by atoms with Crippen molar-refractivity contribution < 1.29 is 23.7 Å². The molecule has 0 bridgehead atoms.